The van der Waals surface area contributed by atoms with Crippen molar-refractivity contribution >= 4 is 11.9 Å². The highest BCUT2D eigenvalue weighted by molar-refractivity contribution is 5.96. The number of nitrogens with zero attached hydrogens (tertiary/aromatic N) is 1. The molecule has 0 aliphatic carbocycles. The summed E-state index contributed by atoms with van der Waals surface area (Å²) < 4.78 is 9.72. The van der Waals surface area contributed by atoms with Crippen LogP contribution in [-0.2, 0) is 19.1 Å². The van der Waals surface area contributed by atoms with Gasteiger partial charge in [0.2, 0.25) is 6.54 Å². The fourth-order valence-corrected chi connectivity index (χ4v) is 2.21. The van der Waals surface area contributed by atoms with Crippen molar-refractivity contribution in [1.82, 2.24) is 0 Å². The number of hydrogen-bond donors (Lipinski definition) is 1. The zero-order valence-electron chi connectivity index (χ0n) is 12.9. The van der Waals surface area contributed by atoms with Gasteiger partial charge >= 0.3 is 11.9 Å². The molecule has 1 aromatic carbocycles. The van der Waals surface area contributed by atoms with E-state index in [-0.39, 0.29) is 24.5 Å². The lowest BCUT2D eigenvalue weighted by Crippen LogP contribution is -2.36. The minimum absolute atomic E-state index is 0.0277. The second-order valence-electron chi connectivity index (χ2n) is 4.70. The molecule has 0 radical (unpaired) electrons. The van der Waals surface area contributed by atoms with Crippen molar-refractivity contribution in [3.63, 3.8) is 0 Å². The zero-order chi connectivity index (χ0) is 17.4. The first-order valence-electron chi connectivity index (χ1n) is 7.14. The molecule has 126 valence electrons. The fourth-order valence-electron chi connectivity index (χ4n) is 2.21. The van der Waals surface area contributed by atoms with Gasteiger partial charge in [-0.15, -0.1) is 0 Å². The minimum Gasteiger partial charge on any atom is -0.508 e. The van der Waals surface area contributed by atoms with E-state index in [9.17, 15) is 24.8 Å². The third-order valence-corrected chi connectivity index (χ3v) is 3.13. The number of carbonyl (C=O) groups excluding carboxylic acids is 2. The zero-order valence-corrected chi connectivity index (χ0v) is 12.9. The fraction of sp³-hybridized carbons (Fsp3) is 0.467. The summed E-state index contributed by atoms with van der Waals surface area (Å²) in [6.07, 6.45) is 0. The molecule has 0 saturated carbocycles. The molecule has 1 rings (SSSR count). The first kappa shape index (κ1) is 18.4. The van der Waals surface area contributed by atoms with E-state index in [4.69, 9.17) is 9.47 Å². The van der Waals surface area contributed by atoms with Gasteiger partial charge in [-0.1, -0.05) is 12.1 Å². The third-order valence-electron chi connectivity index (χ3n) is 3.13. The van der Waals surface area contributed by atoms with Gasteiger partial charge in [-0.25, -0.2) is 0 Å². The topological polar surface area (TPSA) is 116 Å². The van der Waals surface area contributed by atoms with Crippen LogP contribution in [0.3, 0.4) is 0 Å². The first-order valence-corrected chi connectivity index (χ1v) is 7.14. The average molecular weight is 325 g/mol. The SMILES string of the molecule is CCOC(=O)C(C(=O)OCC)C(C[N+](=O)[O-])c1cccc(O)c1. The molecular weight excluding hydrogens is 306 g/mol. The molecule has 0 heterocycles. The number of nitro groups is 1. The standard InChI is InChI=1S/C15H19NO7/c1-3-22-14(18)13(15(19)23-4-2)12(9-16(20)21)10-6-5-7-11(17)8-10/h5-8,12-13,17H,3-4,9H2,1-2H3. The van der Waals surface area contributed by atoms with Crippen molar-refractivity contribution in [1.29, 1.82) is 0 Å². The molecule has 23 heavy (non-hydrogen) atoms. The van der Waals surface area contributed by atoms with Crippen LogP contribution in [0.2, 0.25) is 0 Å². The normalized spacial score (nSPS) is 11.8. The average Bonchev–Trinajstić information content (AvgIpc) is 2.46. The van der Waals surface area contributed by atoms with E-state index in [1.165, 1.54) is 24.3 Å². The molecule has 0 bridgehead atoms. The summed E-state index contributed by atoms with van der Waals surface area (Å²) in [6.45, 7) is 2.51. The van der Waals surface area contributed by atoms with Crippen LogP contribution in [0.5, 0.6) is 5.75 Å². The highest BCUT2D eigenvalue weighted by Gasteiger charge is 2.41. The van der Waals surface area contributed by atoms with Crippen LogP contribution in [0.25, 0.3) is 0 Å². The second kappa shape index (κ2) is 8.72. The van der Waals surface area contributed by atoms with E-state index in [1.54, 1.807) is 13.8 Å². The number of aromatic hydroxyl groups is 1. The van der Waals surface area contributed by atoms with E-state index in [1.807, 2.05) is 0 Å². The number of hydrogen-bond acceptors (Lipinski definition) is 7. The summed E-state index contributed by atoms with van der Waals surface area (Å²) in [7, 11) is 0. The summed E-state index contributed by atoms with van der Waals surface area (Å²) in [6, 6.07) is 5.64. The Labute approximate surface area is 133 Å². The summed E-state index contributed by atoms with van der Waals surface area (Å²) >= 11 is 0. The number of ether oxygens (including phenoxy) is 2. The predicted octanol–water partition coefficient (Wildman–Crippen LogP) is 1.49. The largest absolute Gasteiger partial charge is 0.508 e. The molecule has 0 aromatic heterocycles. The van der Waals surface area contributed by atoms with Gasteiger partial charge in [0.05, 0.1) is 19.1 Å². The lowest BCUT2D eigenvalue weighted by atomic mass is 9.85. The van der Waals surface area contributed by atoms with Crippen molar-refractivity contribution in [2.75, 3.05) is 19.8 Å². The van der Waals surface area contributed by atoms with Crippen LogP contribution >= 0.6 is 0 Å². The number of carbonyl (C=O) groups is 2. The summed E-state index contributed by atoms with van der Waals surface area (Å²) in [4.78, 5) is 34.6. The molecule has 0 aliphatic heterocycles. The smallest absolute Gasteiger partial charge is 0.321 e. The third kappa shape index (κ3) is 5.24. The lowest BCUT2D eigenvalue weighted by molar-refractivity contribution is -0.484. The summed E-state index contributed by atoms with van der Waals surface area (Å²) in [5, 5.41) is 20.5. The number of phenolic OH excluding ortho intramolecular Hbond substituents is 1. The first-order chi connectivity index (χ1) is 10.9. The van der Waals surface area contributed by atoms with Crippen molar-refractivity contribution in [3.8, 4) is 5.75 Å². The molecule has 0 aliphatic rings. The van der Waals surface area contributed by atoms with Gasteiger partial charge in [-0.05, 0) is 31.5 Å². The van der Waals surface area contributed by atoms with Gasteiger partial charge < -0.3 is 14.6 Å². The Hall–Kier alpha value is -2.64. The van der Waals surface area contributed by atoms with Gasteiger partial charge in [0.1, 0.15) is 5.75 Å². The molecule has 0 spiro atoms. The van der Waals surface area contributed by atoms with Crippen molar-refractivity contribution in [3.05, 3.63) is 39.9 Å². The maximum atomic E-state index is 12.1. The van der Waals surface area contributed by atoms with Crippen LogP contribution in [0, 0.1) is 16.0 Å². The summed E-state index contributed by atoms with van der Waals surface area (Å²) in [5.74, 6) is -4.47. The molecule has 1 N–H and O–H groups in total. The van der Waals surface area contributed by atoms with Crippen molar-refractivity contribution in [2.45, 2.75) is 19.8 Å². The number of benzene rings is 1. The molecule has 0 fully saturated rings. The Morgan fingerprint density at radius 3 is 2.22 bits per heavy atom. The van der Waals surface area contributed by atoms with E-state index < -0.39 is 35.2 Å². The number of phenols is 1. The Kier molecular flexibility index (Phi) is 6.98. The molecule has 8 nitrogen and oxygen atoms in total. The second-order valence-corrected chi connectivity index (χ2v) is 4.70. The molecule has 1 unspecified atom stereocenters. The van der Waals surface area contributed by atoms with Gasteiger partial charge in [0.15, 0.2) is 5.92 Å². The highest BCUT2D eigenvalue weighted by atomic mass is 16.6. The lowest BCUT2D eigenvalue weighted by Gasteiger charge is -2.21. The van der Waals surface area contributed by atoms with Crippen molar-refractivity contribution < 1.29 is 29.1 Å². The molecular formula is C15H19NO7. The van der Waals surface area contributed by atoms with E-state index in [0.717, 1.165) is 0 Å². The van der Waals surface area contributed by atoms with Crippen LogP contribution in [-0.4, -0.2) is 41.7 Å². The molecule has 1 aromatic rings. The van der Waals surface area contributed by atoms with Gasteiger partial charge in [0.25, 0.3) is 0 Å². The van der Waals surface area contributed by atoms with Crippen LogP contribution in [0.1, 0.15) is 25.3 Å². The van der Waals surface area contributed by atoms with Gasteiger partial charge in [-0.2, -0.15) is 0 Å². The Bertz CT molecular complexity index is 555. The Morgan fingerprint density at radius 1 is 1.22 bits per heavy atom. The summed E-state index contributed by atoms with van der Waals surface area (Å²) in [5.41, 5.74) is 0.285. The Balaban J connectivity index is 3.27. The van der Waals surface area contributed by atoms with Gasteiger partial charge in [-0.3, -0.25) is 19.7 Å². The molecule has 0 saturated heterocycles. The molecule has 0 amide bonds. The van der Waals surface area contributed by atoms with E-state index >= 15 is 0 Å². The van der Waals surface area contributed by atoms with E-state index in [2.05, 4.69) is 0 Å². The monoisotopic (exact) mass is 325 g/mol. The minimum atomic E-state index is -1.47. The number of esters is 2. The van der Waals surface area contributed by atoms with E-state index in [0.29, 0.717) is 0 Å². The molecule has 8 heteroatoms. The van der Waals surface area contributed by atoms with Crippen molar-refractivity contribution in [2.24, 2.45) is 5.92 Å². The highest BCUT2D eigenvalue weighted by Crippen LogP contribution is 2.29. The predicted molar refractivity (Wildman–Crippen MR) is 79.5 cm³/mol. The van der Waals surface area contributed by atoms with Crippen LogP contribution < -0.4 is 0 Å². The number of rotatable bonds is 8. The van der Waals surface area contributed by atoms with Crippen LogP contribution in [0.15, 0.2) is 24.3 Å². The maximum Gasteiger partial charge on any atom is 0.321 e. The van der Waals surface area contributed by atoms with Gasteiger partial charge in [0, 0.05) is 4.92 Å². The molecule has 1 atom stereocenters. The Morgan fingerprint density at radius 2 is 1.78 bits per heavy atom. The van der Waals surface area contributed by atoms with Crippen LogP contribution in [0.4, 0.5) is 0 Å². The maximum absolute atomic E-state index is 12.1. The quantitative estimate of drug-likeness (QED) is 0.333.